The third-order valence-electron chi connectivity index (χ3n) is 2.80. The van der Waals surface area contributed by atoms with Gasteiger partial charge in [-0.05, 0) is 24.1 Å². The monoisotopic (exact) mass is 280 g/mol. The van der Waals surface area contributed by atoms with Gasteiger partial charge in [0.2, 0.25) is 0 Å². The summed E-state index contributed by atoms with van der Waals surface area (Å²) in [4.78, 5) is 2.27. The van der Waals surface area contributed by atoms with Crippen molar-refractivity contribution in [1.29, 1.82) is 5.26 Å². The lowest BCUT2D eigenvalue weighted by molar-refractivity contribution is 0.238. The molecule has 0 N–H and O–H groups in total. The Kier molecular flexibility index (Phi) is 6.69. The molecule has 0 radical (unpaired) electrons. The molecule has 0 bridgehead atoms. The molecule has 4 heteroatoms. The van der Waals surface area contributed by atoms with Crippen molar-refractivity contribution in [3.05, 3.63) is 28.8 Å². The van der Waals surface area contributed by atoms with Gasteiger partial charge in [0.15, 0.2) is 0 Å². The van der Waals surface area contributed by atoms with E-state index in [1.165, 1.54) is 0 Å². The summed E-state index contributed by atoms with van der Waals surface area (Å²) < 4.78 is 5.36. The summed E-state index contributed by atoms with van der Waals surface area (Å²) in [7, 11) is 1.66. The Morgan fingerprint density at radius 2 is 2.16 bits per heavy atom. The summed E-state index contributed by atoms with van der Waals surface area (Å²) in [6.07, 6.45) is 0.537. The Labute approximate surface area is 120 Å². The molecule has 0 spiro atoms. The second kappa shape index (κ2) is 8.04. The third-order valence-corrected chi connectivity index (χ3v) is 3.03. The molecule has 104 valence electrons. The number of hydrogen-bond acceptors (Lipinski definition) is 3. The maximum absolute atomic E-state index is 8.74. The van der Waals surface area contributed by atoms with Crippen molar-refractivity contribution in [1.82, 2.24) is 4.90 Å². The molecule has 3 nitrogen and oxygen atoms in total. The van der Waals surface area contributed by atoms with Gasteiger partial charge < -0.3 is 4.74 Å². The molecule has 0 aliphatic carbocycles. The van der Waals surface area contributed by atoms with Crippen LogP contribution in [0.1, 0.15) is 25.8 Å². The number of methoxy groups -OCH3 is 1. The number of benzene rings is 1. The summed E-state index contributed by atoms with van der Waals surface area (Å²) in [5.74, 6) is 1.40. The summed E-state index contributed by atoms with van der Waals surface area (Å²) >= 11 is 6.04. The standard InChI is InChI=1S/C15H21ClN2O/c1-12(2)10-18(8-4-7-17)11-13-9-14(16)5-6-15(13)19-3/h5-6,9,12H,4,8,10-11H2,1-3H3. The van der Waals surface area contributed by atoms with Gasteiger partial charge in [0.25, 0.3) is 0 Å². The van der Waals surface area contributed by atoms with Gasteiger partial charge in [-0.1, -0.05) is 25.4 Å². The van der Waals surface area contributed by atoms with E-state index in [2.05, 4.69) is 24.8 Å². The van der Waals surface area contributed by atoms with Gasteiger partial charge in [-0.25, -0.2) is 0 Å². The minimum atomic E-state index is 0.537. The van der Waals surface area contributed by atoms with Crippen molar-refractivity contribution < 1.29 is 4.74 Å². The lowest BCUT2D eigenvalue weighted by Crippen LogP contribution is -2.28. The van der Waals surface area contributed by atoms with Gasteiger partial charge in [0.05, 0.1) is 13.2 Å². The van der Waals surface area contributed by atoms with Crippen LogP contribution in [0.4, 0.5) is 0 Å². The van der Waals surface area contributed by atoms with E-state index in [4.69, 9.17) is 21.6 Å². The third kappa shape index (κ3) is 5.50. The predicted molar refractivity (Wildman–Crippen MR) is 78.3 cm³/mol. The van der Waals surface area contributed by atoms with E-state index in [0.717, 1.165) is 30.9 Å². The SMILES string of the molecule is COc1ccc(Cl)cc1CN(CCC#N)CC(C)C. The Morgan fingerprint density at radius 1 is 1.42 bits per heavy atom. The highest BCUT2D eigenvalue weighted by molar-refractivity contribution is 6.30. The van der Waals surface area contributed by atoms with Crippen molar-refractivity contribution in [2.75, 3.05) is 20.2 Å². The molecule has 0 amide bonds. The molecule has 1 rings (SSSR count). The van der Waals surface area contributed by atoms with E-state index < -0.39 is 0 Å². The maximum Gasteiger partial charge on any atom is 0.123 e. The van der Waals surface area contributed by atoms with Crippen LogP contribution in [-0.4, -0.2) is 25.1 Å². The highest BCUT2D eigenvalue weighted by Crippen LogP contribution is 2.24. The molecule has 0 fully saturated rings. The number of hydrogen-bond donors (Lipinski definition) is 0. The second-order valence-electron chi connectivity index (χ2n) is 4.99. The highest BCUT2D eigenvalue weighted by atomic mass is 35.5. The van der Waals surface area contributed by atoms with E-state index in [1.54, 1.807) is 7.11 Å². The molecule has 1 aromatic rings. The molecule has 0 atom stereocenters. The van der Waals surface area contributed by atoms with Crippen LogP contribution in [-0.2, 0) is 6.54 Å². The zero-order valence-corrected chi connectivity index (χ0v) is 12.6. The molecule has 0 aromatic heterocycles. The van der Waals surface area contributed by atoms with Crippen LogP contribution in [0, 0.1) is 17.2 Å². The summed E-state index contributed by atoms with van der Waals surface area (Å²) in [5, 5.41) is 9.45. The Balaban J connectivity index is 2.82. The molecular weight excluding hydrogens is 260 g/mol. The number of rotatable bonds is 7. The van der Waals surface area contributed by atoms with Crippen LogP contribution < -0.4 is 4.74 Å². The van der Waals surface area contributed by atoms with Crippen molar-refractivity contribution >= 4 is 11.6 Å². The normalized spacial score (nSPS) is 10.8. The molecule has 0 aliphatic heterocycles. The zero-order valence-electron chi connectivity index (χ0n) is 11.8. The van der Waals surface area contributed by atoms with Crippen LogP contribution in [0.3, 0.4) is 0 Å². The van der Waals surface area contributed by atoms with Gasteiger partial charge in [-0.2, -0.15) is 5.26 Å². The molecule has 0 heterocycles. The number of nitriles is 1. The van der Waals surface area contributed by atoms with Crippen LogP contribution in [0.15, 0.2) is 18.2 Å². The number of ether oxygens (including phenoxy) is 1. The second-order valence-corrected chi connectivity index (χ2v) is 5.43. The first-order valence-electron chi connectivity index (χ1n) is 6.48. The van der Waals surface area contributed by atoms with Crippen LogP contribution in [0.25, 0.3) is 0 Å². The van der Waals surface area contributed by atoms with Crippen molar-refractivity contribution in [2.45, 2.75) is 26.8 Å². The van der Waals surface area contributed by atoms with Gasteiger partial charge >= 0.3 is 0 Å². The van der Waals surface area contributed by atoms with E-state index >= 15 is 0 Å². The van der Waals surface area contributed by atoms with E-state index in [-0.39, 0.29) is 0 Å². The lowest BCUT2D eigenvalue weighted by atomic mass is 10.1. The molecule has 0 saturated carbocycles. The summed E-state index contributed by atoms with van der Waals surface area (Å²) in [5.41, 5.74) is 1.06. The van der Waals surface area contributed by atoms with Crippen molar-refractivity contribution in [2.24, 2.45) is 5.92 Å². The first-order chi connectivity index (χ1) is 9.06. The minimum absolute atomic E-state index is 0.537. The fourth-order valence-electron chi connectivity index (χ4n) is 2.07. The smallest absolute Gasteiger partial charge is 0.123 e. The van der Waals surface area contributed by atoms with Gasteiger partial charge in [-0.15, -0.1) is 0 Å². The van der Waals surface area contributed by atoms with E-state index in [1.807, 2.05) is 18.2 Å². The first-order valence-corrected chi connectivity index (χ1v) is 6.86. The highest BCUT2D eigenvalue weighted by Gasteiger charge is 2.11. The quantitative estimate of drug-likeness (QED) is 0.764. The molecule has 1 aromatic carbocycles. The fourth-order valence-corrected chi connectivity index (χ4v) is 2.27. The number of halogens is 1. The largest absolute Gasteiger partial charge is 0.496 e. The first kappa shape index (κ1) is 15.8. The van der Waals surface area contributed by atoms with Crippen molar-refractivity contribution in [3.63, 3.8) is 0 Å². The average molecular weight is 281 g/mol. The molecule has 0 aliphatic rings. The molecule has 0 saturated heterocycles. The Bertz CT molecular complexity index is 440. The predicted octanol–water partition coefficient (Wildman–Crippen LogP) is 3.72. The zero-order chi connectivity index (χ0) is 14.3. The Hall–Kier alpha value is -1.24. The van der Waals surface area contributed by atoms with Gasteiger partial charge in [0.1, 0.15) is 5.75 Å². The van der Waals surface area contributed by atoms with Gasteiger partial charge in [0, 0.05) is 36.6 Å². The summed E-state index contributed by atoms with van der Waals surface area (Å²) in [6.45, 7) is 6.83. The maximum atomic E-state index is 8.74. The molecule has 19 heavy (non-hydrogen) atoms. The fraction of sp³-hybridized carbons (Fsp3) is 0.533. The van der Waals surface area contributed by atoms with Crippen LogP contribution in [0.2, 0.25) is 5.02 Å². The van der Waals surface area contributed by atoms with Crippen LogP contribution in [0.5, 0.6) is 5.75 Å². The molecule has 0 unspecified atom stereocenters. The Morgan fingerprint density at radius 3 is 2.74 bits per heavy atom. The number of nitrogens with zero attached hydrogens (tertiary/aromatic N) is 2. The average Bonchev–Trinajstić information content (AvgIpc) is 2.35. The molecular formula is C15H21ClN2O. The lowest BCUT2D eigenvalue weighted by Gasteiger charge is -2.24. The topological polar surface area (TPSA) is 36.3 Å². The van der Waals surface area contributed by atoms with Crippen molar-refractivity contribution in [3.8, 4) is 11.8 Å². The van der Waals surface area contributed by atoms with Crippen LogP contribution >= 0.6 is 11.6 Å². The van der Waals surface area contributed by atoms with Gasteiger partial charge in [-0.3, -0.25) is 4.90 Å². The summed E-state index contributed by atoms with van der Waals surface area (Å²) in [6, 6.07) is 7.84. The van der Waals surface area contributed by atoms with E-state index in [9.17, 15) is 0 Å². The van der Waals surface area contributed by atoms with E-state index in [0.29, 0.717) is 17.4 Å². The minimum Gasteiger partial charge on any atom is -0.496 e.